The molecule has 0 bridgehead atoms. The van der Waals surface area contributed by atoms with Crippen LogP contribution >= 0.6 is 0 Å². The lowest BCUT2D eigenvalue weighted by Crippen LogP contribution is -2.48. The molecule has 0 aromatic heterocycles. The summed E-state index contributed by atoms with van der Waals surface area (Å²) in [4.78, 5) is 14.0. The van der Waals surface area contributed by atoms with Gasteiger partial charge in [0.1, 0.15) is 0 Å². The van der Waals surface area contributed by atoms with Crippen molar-refractivity contribution in [2.75, 3.05) is 20.1 Å². The number of alkyl halides is 3. The number of morpholine rings is 1. The highest BCUT2D eigenvalue weighted by Gasteiger charge is 2.34. The maximum absolute atomic E-state index is 13.3. The normalized spacial score (nSPS) is 20.2. The van der Waals surface area contributed by atoms with Crippen LogP contribution in [0, 0.1) is 0 Å². The van der Waals surface area contributed by atoms with Crippen LogP contribution in [-0.2, 0) is 27.5 Å². The van der Waals surface area contributed by atoms with Gasteiger partial charge in [0, 0.05) is 32.2 Å². The molecule has 1 aliphatic rings. The van der Waals surface area contributed by atoms with Crippen LogP contribution in [0.3, 0.4) is 0 Å². The number of carbonyl (C=O) groups is 1. The molecule has 1 aliphatic heterocycles. The lowest BCUT2D eigenvalue weighted by molar-refractivity contribution is -0.138. The Morgan fingerprint density at radius 2 is 1.72 bits per heavy atom. The van der Waals surface area contributed by atoms with Crippen molar-refractivity contribution in [1.29, 1.82) is 0 Å². The quantitative estimate of drug-likeness (QED) is 0.667. The van der Waals surface area contributed by atoms with Crippen LogP contribution in [-0.4, -0.2) is 55.9 Å². The van der Waals surface area contributed by atoms with Gasteiger partial charge in [0.15, 0.2) is 0 Å². The molecule has 0 spiro atoms. The predicted molar refractivity (Wildman–Crippen MR) is 112 cm³/mol. The Hall–Kier alpha value is -2.43. The SMILES string of the molecule is CC1CN(S(=O)(=O)c2cccc(C(=O)N(C)Cc3ccccc3C(F)(F)F)c2)CC(C)O1. The largest absolute Gasteiger partial charge is 0.416 e. The summed E-state index contributed by atoms with van der Waals surface area (Å²) in [6.07, 6.45) is -5.07. The number of hydrogen-bond acceptors (Lipinski definition) is 4. The predicted octanol–water partition coefficient (Wildman–Crippen LogP) is 3.78. The first kappa shape index (κ1) is 24.2. The molecule has 6 nitrogen and oxygen atoms in total. The van der Waals surface area contributed by atoms with Gasteiger partial charge in [0.05, 0.1) is 22.7 Å². The number of carbonyl (C=O) groups excluding carboxylic acids is 1. The fraction of sp³-hybridized carbons (Fsp3) is 0.409. The van der Waals surface area contributed by atoms with Crippen molar-refractivity contribution in [3.8, 4) is 0 Å². The number of amides is 1. The summed E-state index contributed by atoms with van der Waals surface area (Å²) >= 11 is 0. The molecular formula is C22H25F3N2O4S. The Morgan fingerprint density at radius 3 is 2.34 bits per heavy atom. The number of nitrogens with zero attached hydrogens (tertiary/aromatic N) is 2. The molecule has 1 amide bonds. The molecule has 3 rings (SSSR count). The highest BCUT2D eigenvalue weighted by molar-refractivity contribution is 7.89. The lowest BCUT2D eigenvalue weighted by atomic mass is 10.1. The van der Waals surface area contributed by atoms with Crippen molar-refractivity contribution < 1.29 is 31.1 Å². The Kier molecular flexibility index (Phi) is 6.97. The summed E-state index contributed by atoms with van der Waals surface area (Å²) in [6.45, 7) is 3.68. The minimum Gasteiger partial charge on any atom is -0.373 e. The Bertz CT molecular complexity index is 1080. The molecule has 0 aliphatic carbocycles. The molecule has 0 N–H and O–H groups in total. The molecule has 2 aromatic carbocycles. The van der Waals surface area contributed by atoms with Gasteiger partial charge < -0.3 is 9.64 Å². The van der Waals surface area contributed by atoms with Crippen LogP contribution < -0.4 is 0 Å². The van der Waals surface area contributed by atoms with Gasteiger partial charge in [0.2, 0.25) is 10.0 Å². The summed E-state index contributed by atoms with van der Waals surface area (Å²) in [5.41, 5.74) is -0.783. The van der Waals surface area contributed by atoms with Crippen molar-refractivity contribution in [3.63, 3.8) is 0 Å². The van der Waals surface area contributed by atoms with Crippen LogP contribution in [0.4, 0.5) is 13.2 Å². The Labute approximate surface area is 185 Å². The number of rotatable bonds is 5. The van der Waals surface area contributed by atoms with Gasteiger partial charge in [-0.1, -0.05) is 24.3 Å². The number of hydrogen-bond donors (Lipinski definition) is 0. The molecule has 174 valence electrons. The van der Waals surface area contributed by atoms with Crippen LogP contribution in [0.15, 0.2) is 53.4 Å². The van der Waals surface area contributed by atoms with Crippen LogP contribution in [0.2, 0.25) is 0 Å². The van der Waals surface area contributed by atoms with Crippen molar-refractivity contribution in [2.45, 2.75) is 43.7 Å². The monoisotopic (exact) mass is 470 g/mol. The lowest BCUT2D eigenvalue weighted by Gasteiger charge is -2.34. The molecule has 32 heavy (non-hydrogen) atoms. The molecule has 0 radical (unpaired) electrons. The van der Waals surface area contributed by atoms with E-state index in [2.05, 4.69) is 0 Å². The average molecular weight is 471 g/mol. The summed E-state index contributed by atoms with van der Waals surface area (Å²) in [5, 5.41) is 0. The zero-order chi connectivity index (χ0) is 23.7. The molecule has 1 heterocycles. The molecule has 1 fully saturated rings. The smallest absolute Gasteiger partial charge is 0.373 e. The number of sulfonamides is 1. The second-order valence-corrected chi connectivity index (χ2v) is 9.86. The van der Waals surface area contributed by atoms with Crippen molar-refractivity contribution in [1.82, 2.24) is 9.21 Å². The van der Waals surface area contributed by atoms with E-state index in [-0.39, 0.29) is 47.9 Å². The summed E-state index contributed by atoms with van der Waals surface area (Å²) < 4.78 is 72.8. The summed E-state index contributed by atoms with van der Waals surface area (Å²) in [5.74, 6) is -0.581. The van der Waals surface area contributed by atoms with E-state index >= 15 is 0 Å². The zero-order valence-electron chi connectivity index (χ0n) is 18.0. The third-order valence-corrected chi connectivity index (χ3v) is 7.01. The summed E-state index contributed by atoms with van der Waals surface area (Å²) in [7, 11) is -2.48. The molecule has 10 heteroatoms. The summed E-state index contributed by atoms with van der Waals surface area (Å²) in [6, 6.07) is 10.6. The van der Waals surface area contributed by atoms with Crippen molar-refractivity contribution in [3.05, 3.63) is 65.2 Å². The third-order valence-electron chi connectivity index (χ3n) is 5.18. The van der Waals surface area contributed by atoms with Crippen LogP contribution in [0.5, 0.6) is 0 Å². The zero-order valence-corrected chi connectivity index (χ0v) is 18.8. The molecule has 2 aromatic rings. The minimum absolute atomic E-state index is 0.0454. The van der Waals surface area contributed by atoms with Gasteiger partial charge in [-0.05, 0) is 43.7 Å². The average Bonchev–Trinajstić information content (AvgIpc) is 2.72. The minimum atomic E-state index is -4.54. The number of halogens is 3. The maximum Gasteiger partial charge on any atom is 0.416 e. The Morgan fingerprint density at radius 1 is 1.09 bits per heavy atom. The first-order valence-corrected chi connectivity index (χ1v) is 11.5. The fourth-order valence-electron chi connectivity index (χ4n) is 3.75. The topological polar surface area (TPSA) is 66.9 Å². The van der Waals surface area contributed by atoms with E-state index in [1.165, 1.54) is 53.8 Å². The molecule has 2 unspecified atom stereocenters. The highest BCUT2D eigenvalue weighted by Crippen LogP contribution is 2.32. The molecule has 1 saturated heterocycles. The maximum atomic E-state index is 13.3. The number of benzene rings is 2. The van der Waals surface area contributed by atoms with E-state index in [4.69, 9.17) is 4.74 Å². The van der Waals surface area contributed by atoms with E-state index in [1.807, 2.05) is 0 Å². The third kappa shape index (κ3) is 5.31. The van der Waals surface area contributed by atoms with Crippen LogP contribution in [0.25, 0.3) is 0 Å². The Balaban J connectivity index is 1.83. The first-order valence-electron chi connectivity index (χ1n) is 10.1. The molecular weight excluding hydrogens is 445 g/mol. The second kappa shape index (κ2) is 9.21. The van der Waals surface area contributed by atoms with Gasteiger partial charge in [-0.25, -0.2) is 8.42 Å². The van der Waals surface area contributed by atoms with Gasteiger partial charge in [-0.3, -0.25) is 4.79 Å². The molecule has 2 atom stereocenters. The van der Waals surface area contributed by atoms with Gasteiger partial charge in [-0.2, -0.15) is 17.5 Å². The first-order chi connectivity index (χ1) is 14.9. The van der Waals surface area contributed by atoms with E-state index in [9.17, 15) is 26.4 Å². The van der Waals surface area contributed by atoms with Crippen molar-refractivity contribution >= 4 is 15.9 Å². The van der Waals surface area contributed by atoms with Crippen molar-refractivity contribution in [2.24, 2.45) is 0 Å². The number of ether oxygens (including phenoxy) is 1. The fourth-order valence-corrected chi connectivity index (χ4v) is 5.38. The van der Waals surface area contributed by atoms with E-state index < -0.39 is 27.7 Å². The second-order valence-electron chi connectivity index (χ2n) is 7.92. The van der Waals surface area contributed by atoms with E-state index in [0.29, 0.717) is 0 Å². The van der Waals surface area contributed by atoms with E-state index in [1.54, 1.807) is 13.8 Å². The van der Waals surface area contributed by atoms with Crippen LogP contribution in [0.1, 0.15) is 35.3 Å². The highest BCUT2D eigenvalue weighted by atomic mass is 32.2. The van der Waals surface area contributed by atoms with Gasteiger partial charge in [0.25, 0.3) is 5.91 Å². The van der Waals surface area contributed by atoms with Gasteiger partial charge in [-0.15, -0.1) is 0 Å². The van der Waals surface area contributed by atoms with E-state index in [0.717, 1.165) is 11.0 Å². The van der Waals surface area contributed by atoms with Gasteiger partial charge >= 0.3 is 6.18 Å². The molecule has 0 saturated carbocycles. The standard InChI is InChI=1S/C22H25F3N2O4S/c1-15-12-27(13-16(2)31-15)32(29,30)19-9-6-8-17(11-19)21(28)26(3)14-18-7-4-5-10-20(18)22(23,24)25/h4-11,15-16H,12-14H2,1-3H3.